The number of allylic oxidation sites excluding steroid dienone is 1. The first-order valence-corrected chi connectivity index (χ1v) is 4.58. The van der Waals surface area contributed by atoms with E-state index in [2.05, 4.69) is 5.32 Å². The number of phenolic OH excluding ortho intramolecular Hbond substituents is 1. The Kier molecular flexibility index (Phi) is 3.66. The number of carbonyl (C=O) groups is 2. The molecule has 0 atom stereocenters. The number of benzene rings is 1. The van der Waals surface area contributed by atoms with Crippen molar-refractivity contribution in [2.75, 3.05) is 5.32 Å². The number of hydrogen-bond donors (Lipinski definition) is 3. The standard InChI is InChI=1S/C11H12N2O3/c1-7(14)6-8(12)11(16)13-9-4-2-3-5-10(9)15/h2-6,15H,12H2,1H3,(H,13,16). The number of aromatic hydroxyl groups is 1. The van der Waals surface area contributed by atoms with Crippen LogP contribution >= 0.6 is 0 Å². The number of hydrogen-bond acceptors (Lipinski definition) is 4. The average Bonchev–Trinajstić information content (AvgIpc) is 2.20. The number of nitrogens with two attached hydrogens (primary N) is 1. The molecule has 5 nitrogen and oxygen atoms in total. The van der Waals surface area contributed by atoms with Gasteiger partial charge in [0.1, 0.15) is 11.4 Å². The molecule has 4 N–H and O–H groups in total. The summed E-state index contributed by atoms with van der Waals surface area (Å²) < 4.78 is 0. The molecule has 16 heavy (non-hydrogen) atoms. The van der Waals surface area contributed by atoms with Gasteiger partial charge in [-0.2, -0.15) is 0 Å². The summed E-state index contributed by atoms with van der Waals surface area (Å²) in [5, 5.41) is 11.8. The Labute approximate surface area is 92.6 Å². The second-order valence-electron chi connectivity index (χ2n) is 3.18. The number of anilines is 1. The number of rotatable bonds is 3. The Hall–Kier alpha value is -2.30. The van der Waals surface area contributed by atoms with Crippen LogP contribution in [0.4, 0.5) is 5.69 Å². The molecule has 0 fully saturated rings. The second-order valence-corrected chi connectivity index (χ2v) is 3.18. The molecule has 1 rings (SSSR count). The normalized spacial score (nSPS) is 10.9. The van der Waals surface area contributed by atoms with Gasteiger partial charge >= 0.3 is 0 Å². The smallest absolute Gasteiger partial charge is 0.271 e. The van der Waals surface area contributed by atoms with Crippen LogP contribution in [-0.4, -0.2) is 16.8 Å². The van der Waals surface area contributed by atoms with Crippen molar-refractivity contribution in [1.82, 2.24) is 0 Å². The Balaban J connectivity index is 2.80. The van der Waals surface area contributed by atoms with Gasteiger partial charge in [0.25, 0.3) is 5.91 Å². The molecule has 0 spiro atoms. The average molecular weight is 220 g/mol. The van der Waals surface area contributed by atoms with Crippen molar-refractivity contribution < 1.29 is 14.7 Å². The lowest BCUT2D eigenvalue weighted by molar-refractivity contribution is -0.115. The summed E-state index contributed by atoms with van der Waals surface area (Å²) in [4.78, 5) is 22.1. The van der Waals surface area contributed by atoms with Gasteiger partial charge in [0.15, 0.2) is 5.78 Å². The zero-order chi connectivity index (χ0) is 12.1. The minimum absolute atomic E-state index is 0.0634. The number of carbonyl (C=O) groups excluding carboxylic acids is 2. The quantitative estimate of drug-likeness (QED) is 0.518. The fraction of sp³-hybridized carbons (Fsp3) is 0.0909. The van der Waals surface area contributed by atoms with E-state index < -0.39 is 5.91 Å². The van der Waals surface area contributed by atoms with Crippen LogP contribution in [0.5, 0.6) is 5.75 Å². The van der Waals surface area contributed by atoms with Gasteiger partial charge in [0, 0.05) is 6.08 Å². The molecule has 0 saturated heterocycles. The number of phenols is 1. The number of amides is 1. The number of nitrogens with one attached hydrogen (secondary N) is 1. The van der Waals surface area contributed by atoms with E-state index in [-0.39, 0.29) is 22.9 Å². The molecule has 1 aromatic carbocycles. The molecule has 0 bridgehead atoms. The topological polar surface area (TPSA) is 92.4 Å². The van der Waals surface area contributed by atoms with E-state index in [0.29, 0.717) is 0 Å². The largest absolute Gasteiger partial charge is 0.506 e. The highest BCUT2D eigenvalue weighted by Crippen LogP contribution is 2.21. The van der Waals surface area contributed by atoms with Crippen LogP contribution in [0.3, 0.4) is 0 Å². The first-order chi connectivity index (χ1) is 7.50. The Morgan fingerprint density at radius 1 is 1.38 bits per heavy atom. The van der Waals surface area contributed by atoms with E-state index in [9.17, 15) is 14.7 Å². The summed E-state index contributed by atoms with van der Waals surface area (Å²) in [5.41, 5.74) is 5.41. The molecule has 0 aliphatic carbocycles. The third kappa shape index (κ3) is 3.13. The molecule has 1 amide bonds. The zero-order valence-electron chi connectivity index (χ0n) is 8.73. The van der Waals surface area contributed by atoms with E-state index in [1.54, 1.807) is 12.1 Å². The third-order valence-corrected chi connectivity index (χ3v) is 1.77. The van der Waals surface area contributed by atoms with Gasteiger partial charge < -0.3 is 16.2 Å². The van der Waals surface area contributed by atoms with Gasteiger partial charge in [-0.05, 0) is 19.1 Å². The molecule has 84 valence electrons. The molecule has 0 aliphatic rings. The van der Waals surface area contributed by atoms with Crippen LogP contribution in [0.15, 0.2) is 36.0 Å². The maximum Gasteiger partial charge on any atom is 0.271 e. The molecule has 0 unspecified atom stereocenters. The van der Waals surface area contributed by atoms with Crippen LogP contribution in [0.2, 0.25) is 0 Å². The molecule has 0 radical (unpaired) electrons. The summed E-state index contributed by atoms with van der Waals surface area (Å²) >= 11 is 0. The van der Waals surface area contributed by atoms with E-state index in [4.69, 9.17) is 5.73 Å². The predicted octanol–water partition coefficient (Wildman–Crippen LogP) is 0.762. The highest BCUT2D eigenvalue weighted by molar-refractivity contribution is 6.07. The van der Waals surface area contributed by atoms with E-state index >= 15 is 0 Å². The van der Waals surface area contributed by atoms with E-state index in [0.717, 1.165) is 6.08 Å². The van der Waals surface area contributed by atoms with Gasteiger partial charge in [-0.15, -0.1) is 0 Å². The summed E-state index contributed by atoms with van der Waals surface area (Å²) in [6, 6.07) is 6.23. The van der Waals surface area contributed by atoms with Crippen molar-refractivity contribution in [3.05, 3.63) is 36.0 Å². The van der Waals surface area contributed by atoms with Crippen molar-refractivity contribution in [3.8, 4) is 5.75 Å². The third-order valence-electron chi connectivity index (χ3n) is 1.77. The fourth-order valence-electron chi connectivity index (χ4n) is 1.06. The first-order valence-electron chi connectivity index (χ1n) is 4.58. The highest BCUT2D eigenvalue weighted by atomic mass is 16.3. The van der Waals surface area contributed by atoms with Gasteiger partial charge in [-0.25, -0.2) is 0 Å². The fourth-order valence-corrected chi connectivity index (χ4v) is 1.06. The van der Waals surface area contributed by atoms with Crippen molar-refractivity contribution >= 4 is 17.4 Å². The lowest BCUT2D eigenvalue weighted by Crippen LogP contribution is -2.20. The molecular weight excluding hydrogens is 208 g/mol. The van der Waals surface area contributed by atoms with Crippen LogP contribution in [0, 0.1) is 0 Å². The first kappa shape index (κ1) is 11.8. The second kappa shape index (κ2) is 4.97. The molecule has 0 saturated carbocycles. The van der Waals surface area contributed by atoms with Gasteiger partial charge in [0.2, 0.25) is 0 Å². The Bertz CT molecular complexity index is 452. The van der Waals surface area contributed by atoms with Crippen molar-refractivity contribution in [2.45, 2.75) is 6.92 Å². The van der Waals surface area contributed by atoms with Crippen molar-refractivity contribution in [1.29, 1.82) is 0 Å². The van der Waals surface area contributed by atoms with Crippen LogP contribution < -0.4 is 11.1 Å². The summed E-state index contributed by atoms with van der Waals surface area (Å²) in [6.07, 6.45) is 1.02. The summed E-state index contributed by atoms with van der Waals surface area (Å²) in [7, 11) is 0. The predicted molar refractivity (Wildman–Crippen MR) is 59.7 cm³/mol. The van der Waals surface area contributed by atoms with E-state index in [1.165, 1.54) is 19.1 Å². The molecule has 5 heteroatoms. The van der Waals surface area contributed by atoms with Crippen molar-refractivity contribution in [2.24, 2.45) is 5.73 Å². The lowest BCUT2D eigenvalue weighted by Gasteiger charge is -2.06. The maximum atomic E-state index is 11.4. The molecular formula is C11H12N2O3. The number of ketones is 1. The van der Waals surface area contributed by atoms with Crippen LogP contribution in [0.1, 0.15) is 6.92 Å². The van der Waals surface area contributed by atoms with Crippen molar-refractivity contribution in [3.63, 3.8) is 0 Å². The van der Waals surface area contributed by atoms with Crippen LogP contribution in [0.25, 0.3) is 0 Å². The number of para-hydroxylation sites is 2. The molecule has 0 aliphatic heterocycles. The Morgan fingerprint density at radius 2 is 2.00 bits per heavy atom. The minimum Gasteiger partial charge on any atom is -0.506 e. The summed E-state index contributed by atoms with van der Waals surface area (Å²) in [5.74, 6) is -1.01. The molecule has 0 aromatic heterocycles. The van der Waals surface area contributed by atoms with Gasteiger partial charge in [-0.3, -0.25) is 9.59 Å². The molecule has 1 aromatic rings. The van der Waals surface area contributed by atoms with Crippen LogP contribution in [-0.2, 0) is 9.59 Å². The Morgan fingerprint density at radius 3 is 2.56 bits per heavy atom. The zero-order valence-corrected chi connectivity index (χ0v) is 8.73. The maximum absolute atomic E-state index is 11.4. The van der Waals surface area contributed by atoms with Gasteiger partial charge in [0.05, 0.1) is 5.69 Å². The minimum atomic E-state index is -0.628. The van der Waals surface area contributed by atoms with Gasteiger partial charge in [-0.1, -0.05) is 12.1 Å². The SMILES string of the molecule is CC(=O)C=C(N)C(=O)Nc1ccccc1O. The lowest BCUT2D eigenvalue weighted by atomic mass is 10.2. The van der Waals surface area contributed by atoms with E-state index in [1.807, 2.05) is 0 Å². The monoisotopic (exact) mass is 220 g/mol. The highest BCUT2D eigenvalue weighted by Gasteiger charge is 2.08. The molecule has 0 heterocycles. The summed E-state index contributed by atoms with van der Waals surface area (Å²) in [6.45, 7) is 1.29.